The molecule has 5 rings (SSSR count). The Bertz CT molecular complexity index is 1560. The lowest BCUT2D eigenvalue weighted by atomic mass is 10.1. The van der Waals surface area contributed by atoms with E-state index in [1.165, 1.54) is 22.3 Å². The van der Waals surface area contributed by atoms with E-state index in [1.807, 2.05) is 6.07 Å². The minimum Gasteiger partial charge on any atom is -0.478 e. The second-order valence-corrected chi connectivity index (χ2v) is 15.1. The van der Waals surface area contributed by atoms with Crippen molar-refractivity contribution in [3.63, 3.8) is 0 Å². The summed E-state index contributed by atoms with van der Waals surface area (Å²) in [6.07, 6.45) is 2.66. The van der Waals surface area contributed by atoms with Gasteiger partial charge in [0.15, 0.2) is 0 Å². The van der Waals surface area contributed by atoms with Crippen molar-refractivity contribution in [3.05, 3.63) is 64.0 Å². The van der Waals surface area contributed by atoms with Gasteiger partial charge < -0.3 is 20.2 Å². The molecule has 0 aliphatic carbocycles. The fraction of sp³-hybridized carbons (Fsp3) is 0.393. The van der Waals surface area contributed by atoms with Gasteiger partial charge in [-0.1, -0.05) is 23.7 Å². The molecule has 0 saturated carbocycles. The average molecular weight is 651 g/mol. The number of sulfonamides is 1. The zero-order valence-electron chi connectivity index (χ0n) is 22.6. The van der Waals surface area contributed by atoms with Gasteiger partial charge >= 0.3 is 5.97 Å². The van der Waals surface area contributed by atoms with Crippen LogP contribution < -0.4 is 10.0 Å². The van der Waals surface area contributed by atoms with Crippen LogP contribution in [0.4, 0.5) is 0 Å². The number of hydrogen-bond acceptors (Lipinski definition) is 8. The molecule has 3 N–H and O–H groups in total. The van der Waals surface area contributed by atoms with Crippen molar-refractivity contribution in [2.75, 3.05) is 26.2 Å². The van der Waals surface area contributed by atoms with Gasteiger partial charge in [-0.15, -0.1) is 22.7 Å². The van der Waals surface area contributed by atoms with Gasteiger partial charge in [0.2, 0.25) is 11.8 Å². The van der Waals surface area contributed by atoms with Gasteiger partial charge in [0.1, 0.15) is 10.3 Å². The summed E-state index contributed by atoms with van der Waals surface area (Å²) in [5.41, 5.74) is 1.17. The molecule has 0 spiro atoms. The summed E-state index contributed by atoms with van der Waals surface area (Å²) in [7, 11) is -3.93. The van der Waals surface area contributed by atoms with E-state index in [0.29, 0.717) is 43.4 Å². The van der Waals surface area contributed by atoms with Crippen LogP contribution >= 0.6 is 34.3 Å². The number of amides is 2. The lowest BCUT2D eigenvalue weighted by molar-refractivity contribution is -0.143. The van der Waals surface area contributed by atoms with E-state index in [2.05, 4.69) is 10.0 Å². The Morgan fingerprint density at radius 3 is 2.40 bits per heavy atom. The smallest absolute Gasteiger partial charge is 0.335 e. The largest absolute Gasteiger partial charge is 0.478 e. The molecular formula is C28H31ClN4O6S3. The van der Waals surface area contributed by atoms with Crippen LogP contribution in [-0.4, -0.2) is 79.4 Å². The van der Waals surface area contributed by atoms with Crippen molar-refractivity contribution in [1.29, 1.82) is 0 Å². The first-order valence-electron chi connectivity index (χ1n) is 13.6. The molecule has 2 aromatic heterocycles. The highest BCUT2D eigenvalue weighted by Crippen LogP contribution is 2.37. The Balaban J connectivity index is 1.14. The van der Waals surface area contributed by atoms with Crippen molar-refractivity contribution in [2.45, 2.75) is 48.5 Å². The van der Waals surface area contributed by atoms with Crippen LogP contribution in [0.5, 0.6) is 0 Å². The van der Waals surface area contributed by atoms with Crippen LogP contribution in [0.25, 0.3) is 9.75 Å². The molecule has 0 radical (unpaired) electrons. The van der Waals surface area contributed by atoms with E-state index in [1.54, 1.807) is 41.3 Å². The number of halogens is 1. The highest BCUT2D eigenvalue weighted by atomic mass is 35.5. The number of carboxylic acid groups (broad SMARTS) is 1. The molecule has 2 aliphatic heterocycles. The molecule has 14 heteroatoms. The van der Waals surface area contributed by atoms with Crippen molar-refractivity contribution in [3.8, 4) is 9.75 Å². The van der Waals surface area contributed by atoms with Crippen molar-refractivity contribution >= 4 is 62.1 Å². The lowest BCUT2D eigenvalue weighted by Crippen LogP contribution is -2.55. The number of carboxylic acids is 1. The molecule has 10 nitrogen and oxygen atoms in total. The Morgan fingerprint density at radius 1 is 0.976 bits per heavy atom. The molecule has 2 aliphatic rings. The Morgan fingerprint density at radius 2 is 1.69 bits per heavy atom. The molecule has 4 heterocycles. The Labute approximate surface area is 257 Å². The number of hydrogen-bond donors (Lipinski definition) is 3. The number of carbonyl (C=O) groups excluding carboxylic acids is 2. The molecule has 42 heavy (non-hydrogen) atoms. The topological polar surface area (TPSA) is 136 Å². The summed E-state index contributed by atoms with van der Waals surface area (Å²) in [4.78, 5) is 42.5. The molecule has 2 atom stereocenters. The average Bonchev–Trinajstić information content (AvgIpc) is 3.72. The van der Waals surface area contributed by atoms with Gasteiger partial charge in [0, 0.05) is 42.0 Å². The molecule has 3 aromatic rings. The summed E-state index contributed by atoms with van der Waals surface area (Å²) in [6, 6.07) is 12.6. The third-order valence-corrected chi connectivity index (χ3v) is 11.9. The number of aromatic carboxylic acids is 1. The van der Waals surface area contributed by atoms with Crippen LogP contribution in [0.2, 0.25) is 4.34 Å². The van der Waals surface area contributed by atoms with Crippen molar-refractivity contribution in [2.24, 2.45) is 0 Å². The molecule has 2 saturated heterocycles. The van der Waals surface area contributed by atoms with Crippen LogP contribution in [0.1, 0.15) is 41.6 Å². The molecule has 1 aromatic carbocycles. The number of likely N-dealkylation sites (tertiary alicyclic amines) is 2. The summed E-state index contributed by atoms with van der Waals surface area (Å²) >= 11 is 8.50. The van der Waals surface area contributed by atoms with Crippen molar-refractivity contribution < 1.29 is 27.9 Å². The number of rotatable bonds is 11. The van der Waals surface area contributed by atoms with Crippen LogP contribution in [0.3, 0.4) is 0 Å². The molecule has 2 unspecified atom stereocenters. The number of thiophene rings is 2. The molecule has 2 fully saturated rings. The number of nitrogens with zero attached hydrogens (tertiary/aromatic N) is 2. The first kappa shape index (κ1) is 30.6. The summed E-state index contributed by atoms with van der Waals surface area (Å²) in [5, 5.41) is 12.4. The SMILES string of the molecule is O=C(O)c1ccc(CNCC2CCCN2C(=O)CN2CCCC(NS(=O)(=O)c3ccc(-c4ccc(Cl)s4)s3)C2=O)cc1. The number of carbonyl (C=O) groups is 3. The third kappa shape index (κ3) is 7.21. The zero-order chi connectivity index (χ0) is 29.9. The van der Waals surface area contributed by atoms with E-state index < -0.39 is 27.9 Å². The highest BCUT2D eigenvalue weighted by molar-refractivity contribution is 7.91. The third-order valence-electron chi connectivity index (χ3n) is 7.42. The van der Waals surface area contributed by atoms with Crippen LogP contribution in [0, 0.1) is 0 Å². The lowest BCUT2D eigenvalue weighted by Gasteiger charge is -2.34. The first-order valence-corrected chi connectivity index (χ1v) is 17.1. The normalized spacial score (nSPS) is 19.4. The van der Waals surface area contributed by atoms with E-state index in [0.717, 1.165) is 39.5 Å². The maximum atomic E-state index is 13.3. The predicted octanol–water partition coefficient (Wildman–Crippen LogP) is 3.88. The van der Waals surface area contributed by atoms with E-state index >= 15 is 0 Å². The van der Waals surface area contributed by atoms with Gasteiger partial charge in [-0.25, -0.2) is 13.2 Å². The van der Waals surface area contributed by atoms with E-state index in [9.17, 15) is 22.8 Å². The second kappa shape index (κ2) is 13.2. The van der Waals surface area contributed by atoms with Gasteiger partial charge in [-0.05, 0) is 67.6 Å². The quantitative estimate of drug-likeness (QED) is 0.287. The second-order valence-electron chi connectivity index (χ2n) is 10.3. The zero-order valence-corrected chi connectivity index (χ0v) is 25.8. The Kier molecular flexibility index (Phi) is 9.65. The fourth-order valence-electron chi connectivity index (χ4n) is 5.27. The first-order chi connectivity index (χ1) is 20.1. The molecular weight excluding hydrogens is 620 g/mol. The summed E-state index contributed by atoms with van der Waals surface area (Å²) < 4.78 is 29.5. The summed E-state index contributed by atoms with van der Waals surface area (Å²) in [5.74, 6) is -1.51. The van der Waals surface area contributed by atoms with Gasteiger partial charge in [-0.2, -0.15) is 4.72 Å². The summed E-state index contributed by atoms with van der Waals surface area (Å²) in [6.45, 7) is 2.02. The number of piperidine rings is 1. The van der Waals surface area contributed by atoms with Gasteiger partial charge in [0.05, 0.1) is 16.4 Å². The van der Waals surface area contributed by atoms with Crippen LogP contribution in [-0.2, 0) is 26.2 Å². The number of benzene rings is 1. The molecule has 224 valence electrons. The highest BCUT2D eigenvalue weighted by Gasteiger charge is 2.36. The molecule has 2 amide bonds. The van der Waals surface area contributed by atoms with Crippen LogP contribution in [0.15, 0.2) is 52.7 Å². The maximum Gasteiger partial charge on any atom is 0.335 e. The van der Waals surface area contributed by atoms with Gasteiger partial charge in [0.25, 0.3) is 10.0 Å². The fourth-order valence-corrected chi connectivity index (χ4v) is 8.95. The van der Waals surface area contributed by atoms with E-state index in [-0.39, 0.29) is 28.3 Å². The minimum atomic E-state index is -3.93. The van der Waals surface area contributed by atoms with E-state index in [4.69, 9.17) is 16.7 Å². The van der Waals surface area contributed by atoms with Gasteiger partial charge in [-0.3, -0.25) is 9.59 Å². The monoisotopic (exact) mass is 650 g/mol. The maximum absolute atomic E-state index is 13.3. The number of nitrogens with one attached hydrogen (secondary N) is 2. The molecule has 0 bridgehead atoms. The standard InChI is InChI=1S/C28H31ClN4O6S3/c29-24-11-9-22(40-24)23-10-12-26(41-23)42(38,39)31-21-4-2-13-32(27(21)35)17-25(34)33-14-1-3-20(33)16-30-15-18-5-7-19(8-6-18)28(36)37/h5-12,20-21,30-31H,1-4,13-17H2,(H,36,37). The predicted molar refractivity (Wildman–Crippen MR) is 162 cm³/mol. The minimum absolute atomic E-state index is 0.0174. The Hall–Kier alpha value is -2.81. The van der Waals surface area contributed by atoms with Crippen molar-refractivity contribution in [1.82, 2.24) is 19.8 Å².